The molecule has 1 aliphatic heterocycles. The summed E-state index contributed by atoms with van der Waals surface area (Å²) in [6.45, 7) is 0.593. The molecule has 10 aromatic rings. The average molecular weight is 1070 g/mol. The molecule has 0 atom stereocenters. The number of hydrogen-bond donors (Lipinski definition) is 0. The predicted octanol–water partition coefficient (Wildman–Crippen LogP) is 14.6. The van der Waals surface area contributed by atoms with Crippen LogP contribution in [0.1, 0.15) is 52.5 Å². The second-order valence-corrected chi connectivity index (χ2v) is 18.6. The van der Waals surface area contributed by atoms with E-state index in [0.29, 0.717) is 37.8 Å². The topological polar surface area (TPSA) is 38.5 Å². The van der Waals surface area contributed by atoms with Gasteiger partial charge in [0, 0.05) is 5.69 Å². The summed E-state index contributed by atoms with van der Waals surface area (Å²) in [5.74, 6) is 0.461. The number of aromatic nitrogens is 3. The number of aryl methyl sites for hydroxylation is 2. The maximum absolute atomic E-state index is 9.08. The molecule has 0 saturated heterocycles. The van der Waals surface area contributed by atoms with Crippen molar-refractivity contribution in [3.63, 3.8) is 0 Å². The summed E-state index contributed by atoms with van der Waals surface area (Å²) in [6, 6.07) is 54.2. The van der Waals surface area contributed by atoms with Gasteiger partial charge >= 0.3 is 336 Å². The van der Waals surface area contributed by atoms with Crippen molar-refractivity contribution >= 4 is 46.4 Å². The molecule has 2 aromatic heterocycles. The molecular formula is C60H50BN5OPt. The van der Waals surface area contributed by atoms with E-state index in [2.05, 4.69) is 56.8 Å². The molecule has 0 unspecified atom stereocenters. The fourth-order valence-corrected chi connectivity index (χ4v) is 10.2. The van der Waals surface area contributed by atoms with E-state index in [9.17, 15) is 0 Å². The zero-order chi connectivity index (χ0) is 55.9. The van der Waals surface area contributed by atoms with E-state index in [4.69, 9.17) is 24.8 Å². The molecule has 68 heavy (non-hydrogen) atoms. The molecule has 1 aliphatic rings. The van der Waals surface area contributed by atoms with Gasteiger partial charge in [-0.1, -0.05) is 60.6 Å². The number of para-hydroxylation sites is 5. The normalized spacial score (nSPS) is 15.2. The van der Waals surface area contributed by atoms with Crippen LogP contribution in [0.25, 0.3) is 44.7 Å². The number of ether oxygens (including phenoxy) is 1. The number of fused-ring (bicyclic) bond motifs is 2. The van der Waals surface area contributed by atoms with E-state index >= 15 is 0 Å². The fourth-order valence-electron chi connectivity index (χ4n) is 9.12. The molecule has 6 nitrogen and oxygen atoms in total. The van der Waals surface area contributed by atoms with Crippen molar-refractivity contribution in [3.8, 4) is 45.3 Å². The quantitative estimate of drug-likeness (QED) is 0.135. The number of hydrogen-bond acceptors (Lipinski definition) is 4. The molecular weight excluding hydrogens is 1010 g/mol. The zero-order valence-corrected chi connectivity index (χ0v) is 39.6. The first-order valence-electron chi connectivity index (χ1n) is 27.7. The SMILES string of the molecule is [2H]c1c([2H])c([2H])c(N2B(c3ccccc3)N(c3cccc(Oc4cc(-n5[c](=[Pt])n(-c6c(-c7ccccc7)cc(C([2H])([2H])[2H])cc6-c6ccc(C(C)(C)C)cc6)c6ccccc65)ccc4C([2H])([2H])[2H])n3)c3ccccc32)c([2H])c1[2H]. The molecule has 0 spiro atoms. The Hall–Kier alpha value is -7.47. The summed E-state index contributed by atoms with van der Waals surface area (Å²) in [4.78, 5) is 8.70. The summed E-state index contributed by atoms with van der Waals surface area (Å²) in [6.07, 6.45) is 0. The second-order valence-electron chi connectivity index (χ2n) is 17.6. The maximum atomic E-state index is 9.08. The summed E-state index contributed by atoms with van der Waals surface area (Å²) >= 11 is 2.28. The number of imidazole rings is 1. The van der Waals surface area contributed by atoms with Crippen molar-refractivity contribution in [2.45, 2.75) is 39.9 Å². The van der Waals surface area contributed by atoms with Gasteiger partial charge in [-0.15, -0.1) is 0 Å². The van der Waals surface area contributed by atoms with Gasteiger partial charge < -0.3 is 0 Å². The Balaban J connectivity index is 1.08. The van der Waals surface area contributed by atoms with Gasteiger partial charge in [0.25, 0.3) is 0 Å². The molecule has 334 valence electrons. The third-order valence-corrected chi connectivity index (χ3v) is 13.3. The van der Waals surface area contributed by atoms with Crippen LogP contribution < -0.4 is 19.8 Å². The number of pyridine rings is 1. The summed E-state index contributed by atoms with van der Waals surface area (Å²) in [5.41, 5.74) is 9.02. The number of benzene rings is 8. The van der Waals surface area contributed by atoms with Gasteiger partial charge in [0.2, 0.25) is 0 Å². The first-order chi connectivity index (χ1) is 37.6. The van der Waals surface area contributed by atoms with E-state index in [0.717, 1.165) is 38.9 Å². The van der Waals surface area contributed by atoms with Crippen LogP contribution in [-0.2, 0) is 24.8 Å². The Morgan fingerprint density at radius 3 is 1.90 bits per heavy atom. The summed E-state index contributed by atoms with van der Waals surface area (Å²) in [5, 5.41) is 0. The van der Waals surface area contributed by atoms with Crippen molar-refractivity contribution in [1.29, 1.82) is 0 Å². The fraction of sp³-hybridized carbons (Fsp3) is 0.100. The zero-order valence-electron chi connectivity index (χ0n) is 48.4. The number of nitrogens with zero attached hydrogens (tertiary/aromatic N) is 5. The van der Waals surface area contributed by atoms with Gasteiger partial charge in [-0.3, -0.25) is 0 Å². The minimum Gasteiger partial charge on any atom is -0.0602 e. The van der Waals surface area contributed by atoms with Crippen LogP contribution in [-0.4, -0.2) is 21.1 Å². The predicted molar refractivity (Wildman–Crippen MR) is 278 cm³/mol. The molecule has 11 rings (SSSR count). The van der Waals surface area contributed by atoms with Gasteiger partial charge in [0.05, 0.1) is 6.85 Å². The van der Waals surface area contributed by atoms with E-state index < -0.39 is 38.8 Å². The Morgan fingerprint density at radius 2 is 1.22 bits per heavy atom. The Bertz CT molecular complexity index is 4040. The summed E-state index contributed by atoms with van der Waals surface area (Å²) in [7, 11) is 0. The molecule has 0 N–H and O–H groups in total. The smallest absolute Gasteiger partial charge is 0.0602 e. The first-order valence-corrected chi connectivity index (χ1v) is 23.4. The van der Waals surface area contributed by atoms with Crippen LogP contribution >= 0.6 is 0 Å². The Labute approximate surface area is 425 Å². The second kappa shape index (κ2) is 17.6. The molecule has 0 saturated carbocycles. The molecule has 3 heterocycles. The van der Waals surface area contributed by atoms with E-state index in [1.807, 2.05) is 131 Å². The average Bonchev–Trinajstić information content (AvgIpc) is 4.17. The van der Waals surface area contributed by atoms with Crippen LogP contribution in [0.15, 0.2) is 212 Å². The van der Waals surface area contributed by atoms with Crippen molar-refractivity contribution in [2.24, 2.45) is 0 Å². The minimum atomic E-state index is -2.62. The first kappa shape index (κ1) is 32.3. The Kier molecular flexibility index (Phi) is 8.37. The van der Waals surface area contributed by atoms with Crippen LogP contribution in [0.4, 0.5) is 22.9 Å². The van der Waals surface area contributed by atoms with Gasteiger partial charge in [-0.25, -0.2) is 0 Å². The van der Waals surface area contributed by atoms with Gasteiger partial charge in [0.15, 0.2) is 0 Å². The van der Waals surface area contributed by atoms with Gasteiger partial charge in [0.1, 0.15) is 0 Å². The van der Waals surface area contributed by atoms with Crippen LogP contribution in [0.5, 0.6) is 11.6 Å². The standard InChI is InChI=1S/C60H50BN5O.Pt/c1-42-38-50(44-20-9-6-10-21-44)59(51(39-42)45-33-35-46(36-34-45)60(3,4)5)64-41-63(52-26-15-16-27-53(52)64)49-37-32-43(2)56(40-49)67-58-31-19-30-57(62-58)66-55-29-18-17-28-54(55)65(48-24-13-8-14-25-48)61(66)47-22-11-7-12-23-47;/h6-40H,1-5H3;/i1D3,2D3,8D,13D,14D,24D,25D;. The minimum absolute atomic E-state index is 0.00947. The molecule has 8 heteroatoms. The van der Waals surface area contributed by atoms with Crippen molar-refractivity contribution in [1.82, 2.24) is 14.1 Å². The van der Waals surface area contributed by atoms with Crippen molar-refractivity contribution < 1.29 is 39.2 Å². The molecule has 0 aliphatic carbocycles. The van der Waals surface area contributed by atoms with Crippen molar-refractivity contribution in [2.75, 3.05) is 9.62 Å². The van der Waals surface area contributed by atoms with Gasteiger partial charge in [-0.2, -0.15) is 0 Å². The summed E-state index contributed by atoms with van der Waals surface area (Å²) < 4.78 is 107. The van der Waals surface area contributed by atoms with E-state index in [1.54, 1.807) is 53.3 Å². The number of anilines is 4. The molecule has 0 fully saturated rings. The van der Waals surface area contributed by atoms with E-state index in [-0.39, 0.29) is 45.9 Å². The third-order valence-electron chi connectivity index (χ3n) is 12.3. The van der Waals surface area contributed by atoms with Crippen LogP contribution in [0.3, 0.4) is 0 Å². The third kappa shape index (κ3) is 7.81. The molecule has 0 amide bonds. The molecule has 0 bridgehead atoms. The van der Waals surface area contributed by atoms with E-state index in [1.165, 1.54) is 0 Å². The Morgan fingerprint density at radius 1 is 0.588 bits per heavy atom. The molecule has 8 aromatic carbocycles. The van der Waals surface area contributed by atoms with Gasteiger partial charge in [-0.05, 0) is 18.2 Å². The number of rotatable bonds is 9. The van der Waals surface area contributed by atoms with Crippen molar-refractivity contribution in [3.05, 3.63) is 233 Å². The van der Waals surface area contributed by atoms with Crippen LogP contribution in [0.2, 0.25) is 0 Å². The monoisotopic (exact) mass is 1070 g/mol. The molecule has 0 radical (unpaired) electrons. The van der Waals surface area contributed by atoms with Crippen LogP contribution in [0, 0.1) is 17.5 Å².